The van der Waals surface area contributed by atoms with Gasteiger partial charge in [-0.05, 0) is 53.0 Å². The van der Waals surface area contributed by atoms with E-state index >= 15 is 0 Å². The Kier molecular flexibility index (Phi) is 7.09. The largest absolute Gasteiger partial charge is 0.381 e. The van der Waals surface area contributed by atoms with Crippen molar-refractivity contribution >= 4 is 0 Å². The molecule has 17 heavy (non-hydrogen) atoms. The van der Waals surface area contributed by atoms with E-state index in [-0.39, 0.29) is 0 Å². The molecule has 1 N–H and O–H groups in total. The van der Waals surface area contributed by atoms with Gasteiger partial charge in [0.25, 0.3) is 0 Å². The third kappa shape index (κ3) is 5.84. The lowest BCUT2D eigenvalue weighted by Crippen LogP contribution is -2.42. The molecule has 0 spiro atoms. The highest BCUT2D eigenvalue weighted by atomic mass is 16.5. The van der Waals surface area contributed by atoms with E-state index in [0.717, 1.165) is 38.8 Å². The first-order chi connectivity index (χ1) is 8.11. The first-order valence-electron chi connectivity index (χ1n) is 7.15. The van der Waals surface area contributed by atoms with Crippen LogP contribution in [0.5, 0.6) is 0 Å². The van der Waals surface area contributed by atoms with Crippen molar-refractivity contribution in [2.24, 2.45) is 5.92 Å². The summed E-state index contributed by atoms with van der Waals surface area (Å²) in [6.45, 7) is 14.4. The predicted octanol–water partition coefficient (Wildman–Crippen LogP) is 2.12. The number of nitrogens with zero attached hydrogens (tertiary/aromatic N) is 1. The van der Waals surface area contributed by atoms with Crippen LogP contribution in [0, 0.1) is 5.92 Å². The SMILES string of the molecule is CC(C)N(CCNCC1CCOCC1)C(C)C. The van der Waals surface area contributed by atoms with E-state index in [9.17, 15) is 0 Å². The molecule has 0 aliphatic carbocycles. The Balaban J connectivity index is 2.09. The fourth-order valence-electron chi connectivity index (χ4n) is 2.58. The van der Waals surface area contributed by atoms with E-state index < -0.39 is 0 Å². The van der Waals surface area contributed by atoms with Crippen LogP contribution in [0.1, 0.15) is 40.5 Å². The Morgan fingerprint density at radius 3 is 2.24 bits per heavy atom. The second kappa shape index (κ2) is 8.06. The van der Waals surface area contributed by atoms with Crippen LogP contribution in [0.4, 0.5) is 0 Å². The average molecular weight is 242 g/mol. The molecule has 3 nitrogen and oxygen atoms in total. The highest BCUT2D eigenvalue weighted by molar-refractivity contribution is 4.70. The van der Waals surface area contributed by atoms with E-state index in [2.05, 4.69) is 37.9 Å². The zero-order valence-corrected chi connectivity index (χ0v) is 12.0. The molecule has 0 aromatic carbocycles. The summed E-state index contributed by atoms with van der Waals surface area (Å²) in [5.41, 5.74) is 0. The fraction of sp³-hybridized carbons (Fsp3) is 1.00. The molecule has 0 aromatic heterocycles. The van der Waals surface area contributed by atoms with Gasteiger partial charge >= 0.3 is 0 Å². The summed E-state index contributed by atoms with van der Waals surface area (Å²) in [6, 6.07) is 1.28. The molecule has 3 heteroatoms. The lowest BCUT2D eigenvalue weighted by molar-refractivity contribution is 0.0659. The molecule has 1 aliphatic rings. The van der Waals surface area contributed by atoms with Crippen LogP contribution >= 0.6 is 0 Å². The molecule has 1 heterocycles. The van der Waals surface area contributed by atoms with Gasteiger partial charge in [0.05, 0.1) is 0 Å². The summed E-state index contributed by atoms with van der Waals surface area (Å²) in [5.74, 6) is 0.829. The van der Waals surface area contributed by atoms with Gasteiger partial charge in [-0.3, -0.25) is 4.90 Å². The Morgan fingerprint density at radius 2 is 1.71 bits per heavy atom. The van der Waals surface area contributed by atoms with Crippen molar-refractivity contribution in [3.05, 3.63) is 0 Å². The molecule has 0 unspecified atom stereocenters. The van der Waals surface area contributed by atoms with Gasteiger partial charge in [-0.15, -0.1) is 0 Å². The first kappa shape index (κ1) is 14.9. The van der Waals surface area contributed by atoms with Gasteiger partial charge in [0.2, 0.25) is 0 Å². The second-order valence-corrected chi connectivity index (χ2v) is 5.69. The monoisotopic (exact) mass is 242 g/mol. The molecule has 0 saturated carbocycles. The average Bonchev–Trinajstić information content (AvgIpc) is 2.29. The van der Waals surface area contributed by atoms with Crippen LogP contribution in [-0.2, 0) is 4.74 Å². The van der Waals surface area contributed by atoms with E-state index in [1.165, 1.54) is 12.8 Å². The number of hydrogen-bond acceptors (Lipinski definition) is 3. The van der Waals surface area contributed by atoms with E-state index in [1.54, 1.807) is 0 Å². The third-order valence-electron chi connectivity index (χ3n) is 3.65. The Bertz CT molecular complexity index is 181. The van der Waals surface area contributed by atoms with Gasteiger partial charge < -0.3 is 10.1 Å². The molecule has 0 radical (unpaired) electrons. The molecular formula is C14H30N2O. The lowest BCUT2D eigenvalue weighted by atomic mass is 10.0. The van der Waals surface area contributed by atoms with Crippen molar-refractivity contribution in [2.75, 3.05) is 32.8 Å². The van der Waals surface area contributed by atoms with Gasteiger partial charge in [0.1, 0.15) is 0 Å². The van der Waals surface area contributed by atoms with Crippen LogP contribution in [-0.4, -0.2) is 49.8 Å². The number of ether oxygens (including phenoxy) is 1. The molecule has 0 aromatic rings. The van der Waals surface area contributed by atoms with Crippen molar-refractivity contribution in [3.63, 3.8) is 0 Å². The number of rotatable bonds is 7. The van der Waals surface area contributed by atoms with Crippen molar-refractivity contribution in [3.8, 4) is 0 Å². The third-order valence-corrected chi connectivity index (χ3v) is 3.65. The van der Waals surface area contributed by atoms with Crippen LogP contribution in [0.3, 0.4) is 0 Å². The van der Waals surface area contributed by atoms with Crippen molar-refractivity contribution in [2.45, 2.75) is 52.6 Å². The topological polar surface area (TPSA) is 24.5 Å². The van der Waals surface area contributed by atoms with Gasteiger partial charge in [0.15, 0.2) is 0 Å². The molecule has 102 valence electrons. The van der Waals surface area contributed by atoms with Gasteiger partial charge in [0, 0.05) is 38.4 Å². The van der Waals surface area contributed by atoms with Crippen molar-refractivity contribution < 1.29 is 4.74 Å². The number of hydrogen-bond donors (Lipinski definition) is 1. The molecule has 0 amide bonds. The van der Waals surface area contributed by atoms with Crippen molar-refractivity contribution in [1.29, 1.82) is 0 Å². The summed E-state index contributed by atoms with van der Waals surface area (Å²) in [4.78, 5) is 2.54. The van der Waals surface area contributed by atoms with Gasteiger partial charge in [-0.25, -0.2) is 0 Å². The molecule has 0 bridgehead atoms. The normalized spacial score (nSPS) is 18.5. The van der Waals surface area contributed by atoms with Crippen LogP contribution in [0.2, 0.25) is 0 Å². The van der Waals surface area contributed by atoms with Crippen LogP contribution < -0.4 is 5.32 Å². The summed E-state index contributed by atoms with van der Waals surface area (Å²) in [6.07, 6.45) is 2.45. The summed E-state index contributed by atoms with van der Waals surface area (Å²) in [5, 5.41) is 3.60. The minimum absolute atomic E-state index is 0.639. The lowest BCUT2D eigenvalue weighted by Gasteiger charge is -2.31. The van der Waals surface area contributed by atoms with E-state index in [4.69, 9.17) is 4.74 Å². The summed E-state index contributed by atoms with van der Waals surface area (Å²) in [7, 11) is 0. The molecule has 1 saturated heterocycles. The van der Waals surface area contributed by atoms with Crippen LogP contribution in [0.15, 0.2) is 0 Å². The Hall–Kier alpha value is -0.120. The fourth-order valence-corrected chi connectivity index (χ4v) is 2.58. The summed E-state index contributed by atoms with van der Waals surface area (Å²) < 4.78 is 5.37. The maximum atomic E-state index is 5.37. The Labute approximate surface area is 107 Å². The quantitative estimate of drug-likeness (QED) is 0.692. The van der Waals surface area contributed by atoms with E-state index in [0.29, 0.717) is 12.1 Å². The zero-order valence-electron chi connectivity index (χ0n) is 12.0. The second-order valence-electron chi connectivity index (χ2n) is 5.69. The Morgan fingerprint density at radius 1 is 1.12 bits per heavy atom. The zero-order chi connectivity index (χ0) is 12.7. The smallest absolute Gasteiger partial charge is 0.0469 e. The predicted molar refractivity (Wildman–Crippen MR) is 73.4 cm³/mol. The number of nitrogens with one attached hydrogen (secondary N) is 1. The maximum absolute atomic E-state index is 5.37. The van der Waals surface area contributed by atoms with E-state index in [1.807, 2.05) is 0 Å². The van der Waals surface area contributed by atoms with Gasteiger partial charge in [-0.1, -0.05) is 0 Å². The highest BCUT2D eigenvalue weighted by Gasteiger charge is 2.14. The molecule has 1 aliphatic heterocycles. The molecule has 1 fully saturated rings. The molecular weight excluding hydrogens is 212 g/mol. The van der Waals surface area contributed by atoms with Crippen LogP contribution in [0.25, 0.3) is 0 Å². The maximum Gasteiger partial charge on any atom is 0.0469 e. The molecule has 1 rings (SSSR count). The molecule has 0 atom stereocenters. The highest BCUT2D eigenvalue weighted by Crippen LogP contribution is 2.13. The summed E-state index contributed by atoms with van der Waals surface area (Å²) >= 11 is 0. The first-order valence-corrected chi connectivity index (χ1v) is 7.15. The van der Waals surface area contributed by atoms with Crippen molar-refractivity contribution in [1.82, 2.24) is 10.2 Å². The van der Waals surface area contributed by atoms with Gasteiger partial charge in [-0.2, -0.15) is 0 Å². The minimum Gasteiger partial charge on any atom is -0.381 e. The minimum atomic E-state index is 0.639. The standard InChI is InChI=1S/C14H30N2O/c1-12(2)16(13(3)4)8-7-15-11-14-5-9-17-10-6-14/h12-15H,5-11H2,1-4H3.